The molecule has 2 heterocycles. The van der Waals surface area contributed by atoms with Crippen molar-refractivity contribution in [3.63, 3.8) is 0 Å². The van der Waals surface area contributed by atoms with E-state index in [1.165, 1.54) is 23.8 Å². The van der Waals surface area contributed by atoms with E-state index in [1.807, 2.05) is 25.1 Å². The van der Waals surface area contributed by atoms with Crippen LogP contribution in [0, 0.1) is 12.7 Å². The van der Waals surface area contributed by atoms with E-state index in [0.717, 1.165) is 48.7 Å². The number of amides is 2. The number of aryl methyl sites for hydroxylation is 2. The van der Waals surface area contributed by atoms with E-state index in [0.29, 0.717) is 25.3 Å². The van der Waals surface area contributed by atoms with Crippen LogP contribution in [0.2, 0.25) is 5.02 Å². The first-order valence-corrected chi connectivity index (χ1v) is 12.0. The third-order valence-electron chi connectivity index (χ3n) is 5.99. The Bertz CT molecular complexity index is 1160. The normalized spacial score (nSPS) is 14.1. The van der Waals surface area contributed by atoms with E-state index >= 15 is 0 Å². The first-order chi connectivity index (χ1) is 16.4. The Balaban J connectivity index is 1.51. The molecule has 0 aliphatic carbocycles. The minimum Gasteiger partial charge on any atom is -0.354 e. The highest BCUT2D eigenvalue weighted by Crippen LogP contribution is 2.26. The second kappa shape index (κ2) is 10.8. The average molecular weight is 482 g/mol. The van der Waals surface area contributed by atoms with Crippen LogP contribution in [-0.2, 0) is 12.8 Å². The highest BCUT2D eigenvalue weighted by atomic mass is 35.5. The van der Waals surface area contributed by atoms with E-state index in [4.69, 9.17) is 21.6 Å². The Morgan fingerprint density at radius 1 is 1.09 bits per heavy atom. The van der Waals surface area contributed by atoms with Crippen LogP contribution >= 0.6 is 11.6 Å². The Morgan fingerprint density at radius 2 is 1.88 bits per heavy atom. The summed E-state index contributed by atoms with van der Waals surface area (Å²) in [5.74, 6) is 1.21. The van der Waals surface area contributed by atoms with Gasteiger partial charge in [0.05, 0.1) is 5.02 Å². The Labute approximate surface area is 204 Å². The average Bonchev–Trinajstić information content (AvgIpc) is 3.09. The maximum atomic E-state index is 13.4. The van der Waals surface area contributed by atoms with Gasteiger partial charge in [-0.25, -0.2) is 19.2 Å². The van der Waals surface area contributed by atoms with Crippen molar-refractivity contribution in [1.29, 1.82) is 0 Å². The molecule has 1 aliphatic rings. The van der Waals surface area contributed by atoms with Crippen LogP contribution in [0.3, 0.4) is 0 Å². The van der Waals surface area contributed by atoms with Gasteiger partial charge in [-0.2, -0.15) is 0 Å². The first-order valence-electron chi connectivity index (χ1n) is 11.6. The maximum Gasteiger partial charge on any atom is 0.321 e. The second-order valence-corrected chi connectivity index (χ2v) is 8.83. The van der Waals surface area contributed by atoms with Crippen molar-refractivity contribution in [2.45, 2.75) is 33.1 Å². The molecule has 0 radical (unpaired) electrons. The Kier molecular flexibility index (Phi) is 7.63. The van der Waals surface area contributed by atoms with Crippen molar-refractivity contribution in [2.75, 3.05) is 36.4 Å². The molecule has 34 heavy (non-hydrogen) atoms. The van der Waals surface area contributed by atoms with Crippen LogP contribution in [0.5, 0.6) is 0 Å². The number of benzene rings is 2. The van der Waals surface area contributed by atoms with Crippen molar-refractivity contribution in [3.05, 3.63) is 82.0 Å². The molecule has 1 saturated heterocycles. The van der Waals surface area contributed by atoms with E-state index in [-0.39, 0.29) is 11.1 Å². The molecule has 0 spiro atoms. The highest BCUT2D eigenvalue weighted by Gasteiger charge is 2.23. The summed E-state index contributed by atoms with van der Waals surface area (Å²) in [5, 5.41) is 2.81. The molecule has 1 aromatic heterocycles. The molecule has 0 unspecified atom stereocenters. The zero-order valence-electron chi connectivity index (χ0n) is 19.5. The summed E-state index contributed by atoms with van der Waals surface area (Å²) in [6.07, 6.45) is 2.42. The molecule has 4 rings (SSSR count). The molecule has 178 valence electrons. The van der Waals surface area contributed by atoms with Gasteiger partial charge in [0.1, 0.15) is 17.5 Å². The molecular formula is C26H29ClFN5O. The molecule has 8 heteroatoms. The fraction of sp³-hybridized carbons (Fsp3) is 0.346. The number of nitrogens with one attached hydrogen (secondary N) is 1. The van der Waals surface area contributed by atoms with E-state index in [2.05, 4.69) is 29.3 Å². The molecule has 0 saturated carbocycles. The Morgan fingerprint density at radius 3 is 2.62 bits per heavy atom. The molecule has 6 nitrogen and oxygen atoms in total. The summed E-state index contributed by atoms with van der Waals surface area (Å²) >= 11 is 5.85. The van der Waals surface area contributed by atoms with E-state index < -0.39 is 5.82 Å². The van der Waals surface area contributed by atoms with E-state index in [9.17, 15) is 9.18 Å². The summed E-state index contributed by atoms with van der Waals surface area (Å²) in [6.45, 7) is 6.69. The summed E-state index contributed by atoms with van der Waals surface area (Å²) < 4.78 is 13.4. The summed E-state index contributed by atoms with van der Waals surface area (Å²) in [5.41, 5.74) is 3.91. The number of hydrogen-bond acceptors (Lipinski definition) is 4. The lowest BCUT2D eigenvalue weighted by Crippen LogP contribution is -2.38. The van der Waals surface area contributed by atoms with Crippen LogP contribution in [0.1, 0.15) is 36.0 Å². The monoisotopic (exact) mass is 481 g/mol. The second-order valence-electron chi connectivity index (χ2n) is 8.42. The first kappa shape index (κ1) is 24.0. The fourth-order valence-electron chi connectivity index (χ4n) is 4.28. The number of hydrogen-bond donors (Lipinski definition) is 1. The van der Waals surface area contributed by atoms with Gasteiger partial charge in [0, 0.05) is 49.5 Å². The number of halogens is 2. The molecule has 2 amide bonds. The number of carbonyl (C=O) groups excluding carboxylic acids is 1. The van der Waals surface area contributed by atoms with Gasteiger partial charge >= 0.3 is 6.03 Å². The fourth-order valence-corrected chi connectivity index (χ4v) is 4.46. The third-order valence-corrected chi connectivity index (χ3v) is 6.28. The van der Waals surface area contributed by atoms with Crippen LogP contribution in [0.15, 0.2) is 48.5 Å². The number of carbonyl (C=O) groups is 1. The van der Waals surface area contributed by atoms with Gasteiger partial charge in [-0.1, -0.05) is 48.9 Å². The topological polar surface area (TPSA) is 61.4 Å². The number of rotatable bonds is 5. The van der Waals surface area contributed by atoms with Gasteiger partial charge in [0.15, 0.2) is 0 Å². The molecular weight excluding hydrogens is 453 g/mol. The van der Waals surface area contributed by atoms with Gasteiger partial charge in [-0.05, 0) is 43.5 Å². The largest absolute Gasteiger partial charge is 0.354 e. The number of urea groups is 1. The highest BCUT2D eigenvalue weighted by molar-refractivity contribution is 6.31. The number of nitrogens with zero attached hydrogens (tertiary/aromatic N) is 4. The van der Waals surface area contributed by atoms with Crippen LogP contribution in [0.25, 0.3) is 0 Å². The summed E-state index contributed by atoms with van der Waals surface area (Å²) in [6, 6.07) is 14.3. The number of anilines is 2. The minimum atomic E-state index is -0.511. The predicted octanol–water partition coefficient (Wildman–Crippen LogP) is 5.47. The molecule has 3 aromatic rings. The van der Waals surface area contributed by atoms with E-state index in [1.54, 1.807) is 4.90 Å². The minimum absolute atomic E-state index is 0.0170. The lowest BCUT2D eigenvalue weighted by atomic mass is 10.0. The van der Waals surface area contributed by atoms with Crippen LogP contribution < -0.4 is 10.2 Å². The third kappa shape index (κ3) is 5.65. The standard InChI is InChI=1S/C26H29ClFN5O/c1-3-24-21(16-19-8-5-4-6-9-19)25(30-18(2)29-24)32-12-7-13-33(15-14-32)26(34)31-20-10-11-23(28)22(27)17-20/h4-6,8-11,17H,3,7,12-16H2,1-2H3,(H,31,34). The lowest BCUT2D eigenvalue weighted by molar-refractivity contribution is 0.215. The molecule has 2 aromatic carbocycles. The maximum absolute atomic E-state index is 13.4. The van der Waals surface area contributed by atoms with Crippen molar-refractivity contribution in [3.8, 4) is 0 Å². The van der Waals surface area contributed by atoms with Crippen molar-refractivity contribution >= 4 is 29.1 Å². The SMILES string of the molecule is CCc1nc(C)nc(N2CCCN(C(=O)Nc3ccc(F)c(Cl)c3)CC2)c1Cc1ccccc1. The van der Waals surface area contributed by atoms with Crippen LogP contribution in [-0.4, -0.2) is 47.1 Å². The zero-order valence-corrected chi connectivity index (χ0v) is 20.3. The zero-order chi connectivity index (χ0) is 24.1. The summed E-state index contributed by atoms with van der Waals surface area (Å²) in [7, 11) is 0. The van der Waals surface area contributed by atoms with Crippen molar-refractivity contribution in [2.24, 2.45) is 0 Å². The van der Waals surface area contributed by atoms with Gasteiger partial charge < -0.3 is 15.1 Å². The van der Waals surface area contributed by atoms with Crippen molar-refractivity contribution < 1.29 is 9.18 Å². The quantitative estimate of drug-likeness (QED) is 0.524. The molecule has 1 N–H and O–H groups in total. The smallest absolute Gasteiger partial charge is 0.321 e. The molecule has 1 fully saturated rings. The molecule has 0 atom stereocenters. The Hall–Kier alpha value is -3.19. The van der Waals surface area contributed by atoms with Gasteiger partial charge in [-0.15, -0.1) is 0 Å². The van der Waals surface area contributed by atoms with Crippen molar-refractivity contribution in [1.82, 2.24) is 14.9 Å². The van der Waals surface area contributed by atoms with Crippen LogP contribution in [0.4, 0.5) is 20.7 Å². The molecule has 1 aliphatic heterocycles. The van der Waals surface area contributed by atoms with Gasteiger partial charge in [0.2, 0.25) is 0 Å². The number of aromatic nitrogens is 2. The predicted molar refractivity (Wildman–Crippen MR) is 134 cm³/mol. The summed E-state index contributed by atoms with van der Waals surface area (Å²) in [4.78, 5) is 26.5. The van der Waals surface area contributed by atoms with Gasteiger partial charge in [0.25, 0.3) is 0 Å². The van der Waals surface area contributed by atoms with Gasteiger partial charge in [-0.3, -0.25) is 0 Å². The molecule has 0 bridgehead atoms. The lowest BCUT2D eigenvalue weighted by Gasteiger charge is -2.26.